The van der Waals surface area contributed by atoms with E-state index in [4.69, 9.17) is 5.26 Å². The molecule has 0 atom stereocenters. The highest BCUT2D eigenvalue weighted by Gasteiger charge is 2.19. The first-order chi connectivity index (χ1) is 14.7. The zero-order valence-electron chi connectivity index (χ0n) is 17.8. The number of carbonyl (C=O) groups excluding carboxylic acids is 1. The normalized spacial score (nSPS) is 16.7. The highest BCUT2D eigenvalue weighted by Crippen LogP contribution is 2.20. The second kappa shape index (κ2) is 11.4. The molecule has 1 aromatic heterocycles. The van der Waals surface area contributed by atoms with Gasteiger partial charge in [-0.15, -0.1) is 0 Å². The lowest BCUT2D eigenvalue weighted by atomic mass is 9.99. The Balaban J connectivity index is 0.000000172. The molecule has 6 nitrogen and oxygen atoms in total. The summed E-state index contributed by atoms with van der Waals surface area (Å²) >= 11 is 0. The summed E-state index contributed by atoms with van der Waals surface area (Å²) in [5.74, 6) is 1.10. The zero-order valence-corrected chi connectivity index (χ0v) is 17.8. The number of aldehydes is 1. The topological polar surface area (TPSA) is 72.3 Å². The minimum atomic E-state index is 0.203. The van der Waals surface area contributed by atoms with Crippen LogP contribution in [0.2, 0.25) is 0 Å². The number of aromatic nitrogens is 1. The van der Waals surface area contributed by atoms with Gasteiger partial charge < -0.3 is 15.0 Å². The third-order valence-electron chi connectivity index (χ3n) is 5.82. The van der Waals surface area contributed by atoms with Gasteiger partial charge in [-0.3, -0.25) is 4.90 Å². The van der Waals surface area contributed by atoms with Crippen LogP contribution in [0.3, 0.4) is 0 Å². The van der Waals surface area contributed by atoms with E-state index in [9.17, 15) is 4.79 Å². The van der Waals surface area contributed by atoms with Crippen molar-refractivity contribution in [3.8, 4) is 6.07 Å². The van der Waals surface area contributed by atoms with Crippen LogP contribution >= 0.6 is 0 Å². The van der Waals surface area contributed by atoms with Crippen molar-refractivity contribution in [3.05, 3.63) is 59.3 Å². The number of hydrogen-bond donors (Lipinski definition) is 1. The van der Waals surface area contributed by atoms with Gasteiger partial charge in [-0.1, -0.05) is 24.3 Å². The molecule has 3 heterocycles. The Kier molecular flexibility index (Phi) is 8.37. The van der Waals surface area contributed by atoms with E-state index in [1.54, 1.807) is 12.3 Å². The molecule has 1 N–H and O–H groups in total. The van der Waals surface area contributed by atoms with E-state index in [1.165, 1.54) is 24.1 Å². The van der Waals surface area contributed by atoms with Crippen molar-refractivity contribution in [2.45, 2.75) is 25.8 Å². The van der Waals surface area contributed by atoms with Crippen molar-refractivity contribution in [2.24, 2.45) is 5.92 Å². The van der Waals surface area contributed by atoms with Gasteiger partial charge in [0, 0.05) is 51.4 Å². The van der Waals surface area contributed by atoms with Gasteiger partial charge in [-0.05, 0) is 49.6 Å². The van der Waals surface area contributed by atoms with Crippen LogP contribution < -0.4 is 10.2 Å². The monoisotopic (exact) mass is 405 g/mol. The average molecular weight is 406 g/mol. The van der Waals surface area contributed by atoms with E-state index in [1.807, 2.05) is 19.2 Å². The van der Waals surface area contributed by atoms with Crippen LogP contribution in [-0.4, -0.2) is 55.9 Å². The molecule has 0 spiro atoms. The molecular weight excluding hydrogens is 374 g/mol. The largest absolute Gasteiger partial charge is 0.357 e. The van der Waals surface area contributed by atoms with E-state index in [0.29, 0.717) is 5.56 Å². The highest BCUT2D eigenvalue weighted by atomic mass is 16.1. The summed E-state index contributed by atoms with van der Waals surface area (Å²) in [5, 5.41) is 11.9. The molecule has 2 aliphatic heterocycles. The van der Waals surface area contributed by atoms with Crippen LogP contribution in [0.5, 0.6) is 0 Å². The predicted molar refractivity (Wildman–Crippen MR) is 119 cm³/mol. The van der Waals surface area contributed by atoms with E-state index < -0.39 is 0 Å². The fourth-order valence-corrected chi connectivity index (χ4v) is 3.92. The molecular formula is C24H31N5O. The molecule has 6 heteroatoms. The van der Waals surface area contributed by atoms with Gasteiger partial charge in [0.2, 0.25) is 0 Å². The molecule has 30 heavy (non-hydrogen) atoms. The number of likely N-dealkylation sites (N-methyl/N-ethyl adjacent to an activating group) is 1. The quantitative estimate of drug-likeness (QED) is 0.771. The minimum absolute atomic E-state index is 0.203. The number of nitrogens with one attached hydrogen (secondary N) is 1. The smallest absolute Gasteiger partial charge is 0.128 e. The number of benzene rings is 1. The molecule has 0 saturated carbocycles. The maximum absolute atomic E-state index is 10.6. The third kappa shape index (κ3) is 6.12. The molecule has 1 aromatic carbocycles. The summed E-state index contributed by atoms with van der Waals surface area (Å²) < 4.78 is 0. The maximum atomic E-state index is 10.6. The lowest BCUT2D eigenvalue weighted by molar-refractivity contribution is -0.111. The summed E-state index contributed by atoms with van der Waals surface area (Å²) in [6.45, 7) is 6.30. The highest BCUT2D eigenvalue weighted by molar-refractivity contribution is 5.54. The molecule has 0 radical (unpaired) electrons. The number of nitrogens with zero attached hydrogens (tertiary/aromatic N) is 4. The standard InChI is InChI=1S/C12H13N3O.C12H18N2/c13-7-11-1-2-12(14-8-11)15-5-3-10(9-16)4-6-15;1-13-7-9-14-8-6-11-4-2-3-5-12(11)10-14/h1-2,8-10H,3-6H2;2-5,13H,6-10H2,1H3. The fourth-order valence-electron chi connectivity index (χ4n) is 3.92. The van der Waals surface area contributed by atoms with Crippen molar-refractivity contribution >= 4 is 12.1 Å². The minimum Gasteiger partial charge on any atom is -0.357 e. The molecule has 158 valence electrons. The molecule has 0 aliphatic carbocycles. The van der Waals surface area contributed by atoms with E-state index in [2.05, 4.69) is 44.4 Å². The zero-order chi connectivity index (χ0) is 21.2. The first-order valence-electron chi connectivity index (χ1n) is 10.7. The number of piperidine rings is 1. The summed E-state index contributed by atoms with van der Waals surface area (Å²) in [6, 6.07) is 14.5. The first-order valence-corrected chi connectivity index (χ1v) is 10.7. The van der Waals surface area contributed by atoms with E-state index >= 15 is 0 Å². The molecule has 0 unspecified atom stereocenters. The van der Waals surface area contributed by atoms with Crippen LogP contribution in [0.1, 0.15) is 29.5 Å². The fraction of sp³-hybridized carbons (Fsp3) is 0.458. The number of fused-ring (bicyclic) bond motifs is 1. The molecule has 0 bridgehead atoms. The van der Waals surface area contributed by atoms with Gasteiger partial charge in [0.05, 0.1) is 5.56 Å². The lowest BCUT2D eigenvalue weighted by Crippen LogP contribution is -2.35. The molecule has 2 aliphatic rings. The first kappa shape index (κ1) is 21.9. The number of rotatable bonds is 5. The van der Waals surface area contributed by atoms with Crippen molar-refractivity contribution in [1.82, 2.24) is 15.2 Å². The van der Waals surface area contributed by atoms with Gasteiger partial charge in [0.25, 0.3) is 0 Å². The maximum Gasteiger partial charge on any atom is 0.128 e. The number of anilines is 1. The summed E-state index contributed by atoms with van der Waals surface area (Å²) in [7, 11) is 2.01. The van der Waals surface area contributed by atoms with Gasteiger partial charge in [-0.25, -0.2) is 4.98 Å². The number of pyridine rings is 1. The second-order valence-corrected chi connectivity index (χ2v) is 7.88. The summed E-state index contributed by atoms with van der Waals surface area (Å²) in [6.07, 6.45) is 5.63. The third-order valence-corrected chi connectivity index (χ3v) is 5.82. The Hall–Kier alpha value is -2.75. The summed E-state index contributed by atoms with van der Waals surface area (Å²) in [4.78, 5) is 19.5. The van der Waals surface area contributed by atoms with E-state index in [0.717, 1.165) is 57.7 Å². The Morgan fingerprint density at radius 2 is 1.93 bits per heavy atom. The Labute approximate surface area is 179 Å². The van der Waals surface area contributed by atoms with Crippen LogP contribution in [0.25, 0.3) is 0 Å². The van der Waals surface area contributed by atoms with Gasteiger partial charge in [0.1, 0.15) is 18.2 Å². The van der Waals surface area contributed by atoms with Crippen LogP contribution in [0.4, 0.5) is 5.82 Å². The van der Waals surface area contributed by atoms with Crippen LogP contribution in [0, 0.1) is 17.2 Å². The van der Waals surface area contributed by atoms with Crippen molar-refractivity contribution in [3.63, 3.8) is 0 Å². The van der Waals surface area contributed by atoms with Gasteiger partial charge >= 0.3 is 0 Å². The molecule has 4 rings (SSSR count). The summed E-state index contributed by atoms with van der Waals surface area (Å²) in [5.41, 5.74) is 3.62. The average Bonchev–Trinajstić information content (AvgIpc) is 2.83. The Morgan fingerprint density at radius 1 is 1.17 bits per heavy atom. The molecule has 1 fully saturated rings. The van der Waals surface area contributed by atoms with Crippen molar-refractivity contribution in [2.75, 3.05) is 44.7 Å². The van der Waals surface area contributed by atoms with E-state index in [-0.39, 0.29) is 5.92 Å². The van der Waals surface area contributed by atoms with Gasteiger partial charge in [-0.2, -0.15) is 5.26 Å². The van der Waals surface area contributed by atoms with Crippen LogP contribution in [0.15, 0.2) is 42.6 Å². The van der Waals surface area contributed by atoms with Gasteiger partial charge in [0.15, 0.2) is 0 Å². The lowest BCUT2D eigenvalue weighted by Gasteiger charge is -2.30. The Morgan fingerprint density at radius 3 is 2.57 bits per heavy atom. The van der Waals surface area contributed by atoms with Crippen molar-refractivity contribution < 1.29 is 4.79 Å². The Bertz CT molecular complexity index is 837. The number of carbonyl (C=O) groups is 1. The molecule has 0 amide bonds. The van der Waals surface area contributed by atoms with Crippen molar-refractivity contribution in [1.29, 1.82) is 5.26 Å². The number of hydrogen-bond acceptors (Lipinski definition) is 6. The molecule has 2 aromatic rings. The predicted octanol–water partition coefficient (Wildman–Crippen LogP) is 2.63. The SMILES string of the molecule is CNCCN1CCc2ccccc2C1.N#Cc1ccc(N2CCC(C=O)CC2)nc1. The van der Waals surface area contributed by atoms with Crippen LogP contribution in [-0.2, 0) is 17.8 Å². The molecule has 1 saturated heterocycles. The number of nitriles is 1. The second-order valence-electron chi connectivity index (χ2n) is 7.88.